The number of hydrogen-bond acceptors (Lipinski definition) is 2. The number of H-pyrrole nitrogens is 1. The predicted octanol–water partition coefficient (Wildman–Crippen LogP) is 0.0282. The molecule has 3 N–H and O–H groups in total. The van der Waals surface area contributed by atoms with Gasteiger partial charge >= 0.3 is 0 Å². The van der Waals surface area contributed by atoms with Gasteiger partial charge in [-0.1, -0.05) is 0 Å². The number of nitrogens with zero attached hydrogens (tertiary/aromatic N) is 2. The van der Waals surface area contributed by atoms with Gasteiger partial charge < -0.3 is 10.7 Å². The Morgan fingerprint density at radius 3 is 3.25 bits per heavy atom. The van der Waals surface area contributed by atoms with Crippen molar-refractivity contribution in [2.75, 3.05) is 0 Å². The van der Waals surface area contributed by atoms with Crippen LogP contribution in [0.15, 0.2) is 17.5 Å². The highest BCUT2D eigenvalue weighted by Gasteiger charge is 1.81. The van der Waals surface area contributed by atoms with Crippen molar-refractivity contribution in [1.82, 2.24) is 9.97 Å². The lowest BCUT2D eigenvalue weighted by atomic mass is 10.8. The molecular weight excluding hydrogens is 104 g/mol. The number of imidazole rings is 1. The highest BCUT2D eigenvalue weighted by molar-refractivity contribution is 5.56. The summed E-state index contributed by atoms with van der Waals surface area (Å²) in [5, 5.41) is 0. The van der Waals surface area contributed by atoms with E-state index in [4.69, 9.17) is 5.73 Å². The third-order valence-corrected chi connectivity index (χ3v) is 0.697. The van der Waals surface area contributed by atoms with E-state index < -0.39 is 0 Å². The molecular formula is C4H6N4. The van der Waals surface area contributed by atoms with Crippen LogP contribution in [0.5, 0.6) is 0 Å². The SMILES string of the molecule is NC=Nc1cnc[nH]1. The quantitative estimate of drug-likeness (QED) is 0.395. The van der Waals surface area contributed by atoms with Gasteiger partial charge in [0.05, 0.1) is 18.9 Å². The molecule has 0 saturated heterocycles. The minimum Gasteiger partial charge on any atom is -0.390 e. The predicted molar refractivity (Wildman–Crippen MR) is 30.9 cm³/mol. The highest BCUT2D eigenvalue weighted by Crippen LogP contribution is 1.99. The number of nitrogens with one attached hydrogen (secondary N) is 1. The number of aliphatic imine (C=N–C) groups is 1. The molecule has 0 aliphatic rings. The first kappa shape index (κ1) is 4.83. The van der Waals surface area contributed by atoms with E-state index in [1.807, 2.05) is 0 Å². The average Bonchev–Trinajstić information content (AvgIpc) is 2.19. The molecule has 1 aromatic heterocycles. The first-order valence-electron chi connectivity index (χ1n) is 2.16. The van der Waals surface area contributed by atoms with Gasteiger partial charge in [-0.05, 0) is 0 Å². The molecule has 8 heavy (non-hydrogen) atoms. The number of nitrogens with two attached hydrogens (primary N) is 1. The molecule has 0 amide bonds. The van der Waals surface area contributed by atoms with Crippen LogP contribution < -0.4 is 5.73 Å². The molecule has 0 atom stereocenters. The minimum atomic E-state index is 0.674. The lowest BCUT2D eigenvalue weighted by molar-refractivity contribution is 1.30. The van der Waals surface area contributed by atoms with Crippen molar-refractivity contribution in [1.29, 1.82) is 0 Å². The number of hydrogen-bond donors (Lipinski definition) is 2. The molecule has 0 aromatic carbocycles. The van der Waals surface area contributed by atoms with Crippen LogP contribution >= 0.6 is 0 Å². The van der Waals surface area contributed by atoms with Crippen molar-refractivity contribution in [3.05, 3.63) is 12.5 Å². The fourth-order valence-corrected chi connectivity index (χ4v) is 0.399. The summed E-state index contributed by atoms with van der Waals surface area (Å²) in [5.74, 6) is 0.674. The maximum Gasteiger partial charge on any atom is 0.151 e. The molecule has 1 heterocycles. The van der Waals surface area contributed by atoms with E-state index in [0.717, 1.165) is 0 Å². The van der Waals surface area contributed by atoms with Crippen molar-refractivity contribution in [3.8, 4) is 0 Å². The Hall–Kier alpha value is -1.32. The summed E-state index contributed by atoms with van der Waals surface area (Å²) in [6, 6.07) is 0. The first-order chi connectivity index (χ1) is 3.93. The molecule has 1 rings (SSSR count). The van der Waals surface area contributed by atoms with Crippen LogP contribution in [-0.2, 0) is 0 Å². The minimum absolute atomic E-state index is 0.674. The fourth-order valence-electron chi connectivity index (χ4n) is 0.399. The van der Waals surface area contributed by atoms with Gasteiger partial charge in [-0.15, -0.1) is 0 Å². The standard InChI is InChI=1S/C4H6N4/c5-2-7-4-1-6-3-8-4/h1-3H,(H2,5,7)(H,6,8). The van der Waals surface area contributed by atoms with Crippen LogP contribution in [0.3, 0.4) is 0 Å². The van der Waals surface area contributed by atoms with Gasteiger partial charge in [0.15, 0.2) is 5.82 Å². The molecule has 0 radical (unpaired) electrons. The van der Waals surface area contributed by atoms with Crippen molar-refractivity contribution >= 4 is 12.2 Å². The van der Waals surface area contributed by atoms with Gasteiger partial charge in [0.2, 0.25) is 0 Å². The molecule has 0 unspecified atom stereocenters. The maximum atomic E-state index is 4.98. The lowest BCUT2D eigenvalue weighted by Crippen LogP contribution is -1.85. The van der Waals surface area contributed by atoms with E-state index in [-0.39, 0.29) is 0 Å². The first-order valence-corrected chi connectivity index (χ1v) is 2.16. The van der Waals surface area contributed by atoms with Gasteiger partial charge in [-0.2, -0.15) is 0 Å². The molecule has 0 bridgehead atoms. The van der Waals surface area contributed by atoms with Crippen molar-refractivity contribution in [2.24, 2.45) is 10.7 Å². The van der Waals surface area contributed by atoms with E-state index in [9.17, 15) is 0 Å². The van der Waals surface area contributed by atoms with E-state index >= 15 is 0 Å². The van der Waals surface area contributed by atoms with Crippen molar-refractivity contribution < 1.29 is 0 Å². The summed E-state index contributed by atoms with van der Waals surface area (Å²) in [5.41, 5.74) is 4.98. The summed E-state index contributed by atoms with van der Waals surface area (Å²) in [4.78, 5) is 10.2. The topological polar surface area (TPSA) is 67.1 Å². The Labute approximate surface area is 46.5 Å². The number of rotatable bonds is 1. The number of aromatic amines is 1. The molecule has 0 saturated carbocycles. The van der Waals surface area contributed by atoms with Gasteiger partial charge in [-0.3, -0.25) is 0 Å². The Morgan fingerprint density at radius 1 is 1.88 bits per heavy atom. The average molecular weight is 110 g/mol. The van der Waals surface area contributed by atoms with Crippen LogP contribution in [-0.4, -0.2) is 16.3 Å². The summed E-state index contributed by atoms with van der Waals surface area (Å²) < 4.78 is 0. The summed E-state index contributed by atoms with van der Waals surface area (Å²) >= 11 is 0. The van der Waals surface area contributed by atoms with Crippen LogP contribution in [0.2, 0.25) is 0 Å². The third-order valence-electron chi connectivity index (χ3n) is 0.697. The van der Waals surface area contributed by atoms with Crippen molar-refractivity contribution in [3.63, 3.8) is 0 Å². The third kappa shape index (κ3) is 0.841. The molecule has 0 fully saturated rings. The van der Waals surface area contributed by atoms with Crippen LogP contribution in [0.1, 0.15) is 0 Å². The molecule has 0 aliphatic carbocycles. The number of aromatic nitrogens is 2. The van der Waals surface area contributed by atoms with Gasteiger partial charge in [0.25, 0.3) is 0 Å². The fraction of sp³-hybridized carbons (Fsp3) is 0. The van der Waals surface area contributed by atoms with Gasteiger partial charge in [-0.25, -0.2) is 9.98 Å². The van der Waals surface area contributed by atoms with Crippen LogP contribution in [0.25, 0.3) is 0 Å². The zero-order valence-corrected chi connectivity index (χ0v) is 4.20. The normalized spacial score (nSPS) is 10.5. The molecule has 42 valence electrons. The smallest absolute Gasteiger partial charge is 0.151 e. The highest BCUT2D eigenvalue weighted by atomic mass is 15.0. The Bertz CT molecular complexity index is 164. The second-order valence-corrected chi connectivity index (χ2v) is 1.22. The molecule has 4 nitrogen and oxygen atoms in total. The van der Waals surface area contributed by atoms with E-state index in [1.165, 1.54) is 6.34 Å². The van der Waals surface area contributed by atoms with Crippen molar-refractivity contribution in [2.45, 2.75) is 0 Å². The lowest BCUT2D eigenvalue weighted by Gasteiger charge is -1.76. The largest absolute Gasteiger partial charge is 0.390 e. The zero-order valence-electron chi connectivity index (χ0n) is 4.20. The maximum absolute atomic E-state index is 4.98. The van der Waals surface area contributed by atoms with Gasteiger partial charge in [0, 0.05) is 0 Å². The second kappa shape index (κ2) is 2.11. The Balaban J connectivity index is 2.77. The van der Waals surface area contributed by atoms with E-state index in [2.05, 4.69) is 15.0 Å². The van der Waals surface area contributed by atoms with Gasteiger partial charge in [0.1, 0.15) is 0 Å². The monoisotopic (exact) mass is 110 g/mol. The van der Waals surface area contributed by atoms with Crippen LogP contribution in [0.4, 0.5) is 5.82 Å². The second-order valence-electron chi connectivity index (χ2n) is 1.22. The van der Waals surface area contributed by atoms with E-state index in [0.29, 0.717) is 5.82 Å². The molecule has 0 aliphatic heterocycles. The molecule has 1 aromatic rings. The summed E-state index contributed by atoms with van der Waals surface area (Å²) in [6.07, 6.45) is 4.35. The molecule has 0 spiro atoms. The van der Waals surface area contributed by atoms with Crippen LogP contribution in [0, 0.1) is 0 Å². The molecule has 4 heteroatoms. The summed E-state index contributed by atoms with van der Waals surface area (Å²) in [6.45, 7) is 0. The zero-order chi connectivity index (χ0) is 5.82. The Kier molecular flexibility index (Phi) is 1.27. The Morgan fingerprint density at radius 2 is 2.75 bits per heavy atom. The van der Waals surface area contributed by atoms with E-state index in [1.54, 1.807) is 12.5 Å². The summed E-state index contributed by atoms with van der Waals surface area (Å²) in [7, 11) is 0.